The first-order valence-corrected chi connectivity index (χ1v) is 6.66. The summed E-state index contributed by atoms with van der Waals surface area (Å²) in [5.74, 6) is -0.285. The van der Waals surface area contributed by atoms with Gasteiger partial charge in [-0.1, -0.05) is 12.1 Å². The fraction of sp³-hybridized carbons (Fsp3) is 0.417. The Hall–Kier alpha value is -1.21. The molecule has 0 spiro atoms. The monoisotopic (exact) mass is 290 g/mol. The summed E-state index contributed by atoms with van der Waals surface area (Å²) in [6, 6.07) is 5.61. The number of anilines is 1. The summed E-state index contributed by atoms with van der Waals surface area (Å²) in [7, 11) is 0. The first-order chi connectivity index (χ1) is 8.96. The van der Waals surface area contributed by atoms with Crippen molar-refractivity contribution in [2.75, 3.05) is 11.9 Å². The van der Waals surface area contributed by atoms with Gasteiger partial charge in [0.1, 0.15) is 0 Å². The van der Waals surface area contributed by atoms with E-state index in [0.717, 1.165) is 13.0 Å². The van der Waals surface area contributed by atoms with Crippen molar-refractivity contribution < 1.29 is 18.0 Å². The number of thioether (sulfide) groups is 1. The zero-order valence-electron chi connectivity index (χ0n) is 9.96. The highest BCUT2D eigenvalue weighted by molar-refractivity contribution is 8.00. The van der Waals surface area contributed by atoms with E-state index in [4.69, 9.17) is 0 Å². The smallest absolute Gasteiger partial charge is 0.324 e. The molecule has 0 aromatic heterocycles. The predicted molar refractivity (Wildman–Crippen MR) is 68.0 cm³/mol. The molecule has 19 heavy (non-hydrogen) atoms. The number of benzene rings is 1. The molecule has 0 saturated carbocycles. The summed E-state index contributed by atoms with van der Waals surface area (Å²) in [5, 5.41) is 5.56. The fourth-order valence-corrected chi connectivity index (χ4v) is 2.54. The molecule has 1 aromatic rings. The van der Waals surface area contributed by atoms with Gasteiger partial charge >= 0.3 is 5.51 Å². The maximum Gasteiger partial charge on any atom is 0.446 e. The Kier molecular flexibility index (Phi) is 4.36. The van der Waals surface area contributed by atoms with Crippen molar-refractivity contribution in [2.24, 2.45) is 0 Å². The lowest BCUT2D eigenvalue weighted by Gasteiger charge is -2.14. The molecule has 1 aliphatic heterocycles. The summed E-state index contributed by atoms with van der Waals surface area (Å²) in [6.45, 7) is 0.761. The Morgan fingerprint density at radius 3 is 2.74 bits per heavy atom. The molecule has 104 valence electrons. The molecular formula is C12H13F3N2OS. The lowest BCUT2D eigenvalue weighted by molar-refractivity contribution is -0.117. The highest BCUT2D eigenvalue weighted by atomic mass is 32.2. The normalized spacial score (nSPS) is 19.4. The van der Waals surface area contributed by atoms with Crippen LogP contribution in [0.5, 0.6) is 0 Å². The number of nitrogens with one attached hydrogen (secondary N) is 2. The zero-order valence-corrected chi connectivity index (χ0v) is 10.8. The van der Waals surface area contributed by atoms with Crippen molar-refractivity contribution in [1.82, 2.24) is 5.32 Å². The second kappa shape index (κ2) is 5.83. The van der Waals surface area contributed by atoms with E-state index < -0.39 is 5.51 Å². The molecule has 3 nitrogen and oxygen atoms in total. The number of para-hydroxylation sites is 1. The van der Waals surface area contributed by atoms with Crippen molar-refractivity contribution in [1.29, 1.82) is 0 Å². The summed E-state index contributed by atoms with van der Waals surface area (Å²) in [5.41, 5.74) is -4.17. The summed E-state index contributed by atoms with van der Waals surface area (Å²) in [6.07, 6.45) is 1.61. The van der Waals surface area contributed by atoms with Crippen LogP contribution >= 0.6 is 11.8 Å². The third kappa shape index (κ3) is 4.14. The first kappa shape index (κ1) is 14.2. The molecule has 2 N–H and O–H groups in total. The molecule has 1 aliphatic rings. The molecule has 0 bridgehead atoms. The van der Waals surface area contributed by atoms with E-state index in [1.807, 2.05) is 0 Å². The van der Waals surface area contributed by atoms with Crippen LogP contribution in [0.3, 0.4) is 0 Å². The SMILES string of the molecule is O=C(Nc1ccccc1SC(F)(F)F)[C@@H]1CCCN1. The number of hydrogen-bond acceptors (Lipinski definition) is 3. The van der Waals surface area contributed by atoms with Gasteiger partial charge in [-0.3, -0.25) is 4.79 Å². The summed E-state index contributed by atoms with van der Waals surface area (Å²) in [4.78, 5) is 11.9. The van der Waals surface area contributed by atoms with E-state index in [1.54, 1.807) is 6.07 Å². The van der Waals surface area contributed by atoms with Crippen LogP contribution in [0.1, 0.15) is 12.8 Å². The number of carbonyl (C=O) groups excluding carboxylic acids is 1. The maximum atomic E-state index is 12.4. The molecule has 0 unspecified atom stereocenters. The lowest BCUT2D eigenvalue weighted by Crippen LogP contribution is -2.35. The first-order valence-electron chi connectivity index (χ1n) is 5.85. The molecule has 1 aromatic carbocycles. The van der Waals surface area contributed by atoms with Crippen molar-refractivity contribution >= 4 is 23.4 Å². The van der Waals surface area contributed by atoms with Gasteiger partial charge < -0.3 is 10.6 Å². The minimum absolute atomic E-state index is 0.00125. The third-order valence-corrected chi connectivity index (χ3v) is 3.55. The van der Waals surface area contributed by atoms with E-state index >= 15 is 0 Å². The maximum absolute atomic E-state index is 12.4. The zero-order chi connectivity index (χ0) is 13.9. The van der Waals surface area contributed by atoms with Crippen LogP contribution in [0.15, 0.2) is 29.2 Å². The van der Waals surface area contributed by atoms with Gasteiger partial charge in [-0.15, -0.1) is 0 Å². The Balaban J connectivity index is 2.09. The lowest BCUT2D eigenvalue weighted by atomic mass is 10.2. The molecule has 1 fully saturated rings. The van der Waals surface area contributed by atoms with E-state index in [1.165, 1.54) is 18.2 Å². The van der Waals surface area contributed by atoms with Gasteiger partial charge in [-0.2, -0.15) is 13.2 Å². The van der Waals surface area contributed by atoms with Crippen LogP contribution in [0.4, 0.5) is 18.9 Å². The van der Waals surface area contributed by atoms with Gasteiger partial charge in [0.2, 0.25) is 5.91 Å². The van der Waals surface area contributed by atoms with Crippen LogP contribution in [0, 0.1) is 0 Å². The minimum atomic E-state index is -4.37. The van der Waals surface area contributed by atoms with Gasteiger partial charge in [-0.05, 0) is 43.3 Å². The second-order valence-corrected chi connectivity index (χ2v) is 5.29. The molecule has 1 heterocycles. The minimum Gasteiger partial charge on any atom is -0.324 e. The number of amides is 1. The number of halogens is 3. The van der Waals surface area contributed by atoms with Gasteiger partial charge in [0.15, 0.2) is 0 Å². The third-order valence-electron chi connectivity index (χ3n) is 2.75. The molecule has 0 radical (unpaired) electrons. The standard InChI is InChI=1S/C12H13F3N2OS/c13-12(14,15)19-10-6-2-1-4-8(10)17-11(18)9-5-3-7-16-9/h1-2,4,6,9,16H,3,5,7H2,(H,17,18)/t9-/m0/s1. The molecule has 1 amide bonds. The fourth-order valence-electron chi connectivity index (χ4n) is 1.91. The molecule has 2 rings (SSSR count). The highest BCUT2D eigenvalue weighted by Gasteiger charge is 2.31. The molecule has 1 saturated heterocycles. The van der Waals surface area contributed by atoms with Crippen LogP contribution in [-0.4, -0.2) is 24.0 Å². The van der Waals surface area contributed by atoms with Crippen LogP contribution in [-0.2, 0) is 4.79 Å². The van der Waals surface area contributed by atoms with Crippen LogP contribution < -0.4 is 10.6 Å². The largest absolute Gasteiger partial charge is 0.446 e. The number of alkyl halides is 3. The highest BCUT2D eigenvalue weighted by Crippen LogP contribution is 2.40. The number of hydrogen-bond donors (Lipinski definition) is 2. The average Bonchev–Trinajstić information content (AvgIpc) is 2.83. The van der Waals surface area contributed by atoms with E-state index in [9.17, 15) is 18.0 Å². The Labute approximate surface area is 112 Å². The Morgan fingerprint density at radius 2 is 2.11 bits per heavy atom. The van der Waals surface area contributed by atoms with Crippen molar-refractivity contribution in [2.45, 2.75) is 29.3 Å². The molecule has 1 atom stereocenters. The molecular weight excluding hydrogens is 277 g/mol. The van der Waals surface area contributed by atoms with Crippen LogP contribution in [0.25, 0.3) is 0 Å². The topological polar surface area (TPSA) is 41.1 Å². The van der Waals surface area contributed by atoms with Gasteiger partial charge in [0.05, 0.1) is 11.7 Å². The van der Waals surface area contributed by atoms with Crippen molar-refractivity contribution in [3.63, 3.8) is 0 Å². The predicted octanol–water partition coefficient (Wildman–Crippen LogP) is 2.99. The number of rotatable bonds is 3. The number of carbonyl (C=O) groups is 1. The van der Waals surface area contributed by atoms with Crippen molar-refractivity contribution in [3.8, 4) is 0 Å². The Morgan fingerprint density at radius 1 is 1.37 bits per heavy atom. The van der Waals surface area contributed by atoms with Crippen LogP contribution in [0.2, 0.25) is 0 Å². The Bertz CT molecular complexity index is 459. The van der Waals surface area contributed by atoms with E-state index in [-0.39, 0.29) is 34.3 Å². The second-order valence-electron chi connectivity index (χ2n) is 4.18. The average molecular weight is 290 g/mol. The van der Waals surface area contributed by atoms with E-state index in [0.29, 0.717) is 6.42 Å². The molecule has 7 heteroatoms. The van der Waals surface area contributed by atoms with E-state index in [2.05, 4.69) is 10.6 Å². The van der Waals surface area contributed by atoms with Crippen molar-refractivity contribution in [3.05, 3.63) is 24.3 Å². The van der Waals surface area contributed by atoms with Gasteiger partial charge in [0.25, 0.3) is 0 Å². The molecule has 0 aliphatic carbocycles. The summed E-state index contributed by atoms with van der Waals surface area (Å²) < 4.78 is 37.2. The quantitative estimate of drug-likeness (QED) is 0.841. The summed E-state index contributed by atoms with van der Waals surface area (Å²) >= 11 is -0.223. The van der Waals surface area contributed by atoms with Gasteiger partial charge in [-0.25, -0.2) is 0 Å². The van der Waals surface area contributed by atoms with Gasteiger partial charge in [0, 0.05) is 4.90 Å².